The maximum absolute atomic E-state index is 13.0. The maximum Gasteiger partial charge on any atom is 0.157 e. The minimum Gasteiger partial charge on any atom is -0.297 e. The molecule has 1 fully saturated rings. The van der Waals surface area contributed by atoms with E-state index in [0.717, 1.165) is 35.7 Å². The fourth-order valence-corrected chi connectivity index (χ4v) is 4.03. The van der Waals surface area contributed by atoms with Gasteiger partial charge in [-0.15, -0.1) is 0 Å². The zero-order chi connectivity index (χ0) is 15.5. The molecule has 1 aromatic carbocycles. The summed E-state index contributed by atoms with van der Waals surface area (Å²) in [5, 5.41) is 0.667. The van der Waals surface area contributed by atoms with Crippen LogP contribution in [0.3, 0.4) is 0 Å². The van der Waals surface area contributed by atoms with Gasteiger partial charge in [-0.25, -0.2) is 0 Å². The number of halogens is 2. The summed E-state index contributed by atoms with van der Waals surface area (Å²) in [5.41, 5.74) is 0.614. The summed E-state index contributed by atoms with van der Waals surface area (Å²) in [7, 11) is 4.07. The summed E-state index contributed by atoms with van der Waals surface area (Å²) in [4.78, 5) is 15.1. The van der Waals surface area contributed by atoms with Crippen LogP contribution in [0.2, 0.25) is 5.02 Å². The number of likely N-dealkylation sites (N-methyl/N-ethyl adjacent to an activating group) is 1. The van der Waals surface area contributed by atoms with Gasteiger partial charge in [-0.2, -0.15) is 0 Å². The summed E-state index contributed by atoms with van der Waals surface area (Å²) in [6.07, 6.45) is 7.10. The Hall–Kier alpha value is -0.380. The Labute approximate surface area is 141 Å². The number of hydrogen-bond acceptors (Lipinski definition) is 2. The van der Waals surface area contributed by atoms with Gasteiger partial charge in [0.2, 0.25) is 0 Å². The Morgan fingerprint density at radius 3 is 2.38 bits per heavy atom. The highest BCUT2D eigenvalue weighted by atomic mass is 79.9. The summed E-state index contributed by atoms with van der Waals surface area (Å²) >= 11 is 9.68. The second-order valence-electron chi connectivity index (χ2n) is 6.18. The van der Waals surface area contributed by atoms with Crippen LogP contribution in [-0.4, -0.2) is 30.3 Å². The molecule has 1 aliphatic carbocycles. The largest absolute Gasteiger partial charge is 0.297 e. The van der Waals surface area contributed by atoms with Crippen LogP contribution in [-0.2, 0) is 11.2 Å². The monoisotopic (exact) mass is 371 g/mol. The van der Waals surface area contributed by atoms with Crippen LogP contribution in [0.25, 0.3) is 0 Å². The van der Waals surface area contributed by atoms with Gasteiger partial charge in [-0.1, -0.05) is 59.3 Å². The van der Waals surface area contributed by atoms with Crippen LogP contribution >= 0.6 is 27.5 Å². The predicted molar refractivity (Wildman–Crippen MR) is 92.0 cm³/mol. The second-order valence-corrected chi connectivity index (χ2v) is 7.50. The quantitative estimate of drug-likeness (QED) is 0.703. The first-order chi connectivity index (χ1) is 9.95. The number of carbonyl (C=O) groups excluding carboxylic acids is 1. The molecule has 4 heteroatoms. The zero-order valence-corrected chi connectivity index (χ0v) is 15.1. The Morgan fingerprint density at radius 1 is 1.24 bits per heavy atom. The van der Waals surface area contributed by atoms with Crippen molar-refractivity contribution in [3.05, 3.63) is 33.3 Å². The third-order valence-electron chi connectivity index (χ3n) is 4.67. The molecule has 2 nitrogen and oxygen atoms in total. The van der Waals surface area contributed by atoms with Crippen LogP contribution in [0.4, 0.5) is 0 Å². The summed E-state index contributed by atoms with van der Waals surface area (Å²) in [5.74, 6) is 0.304. The number of carbonyl (C=O) groups is 1. The van der Waals surface area contributed by atoms with Crippen LogP contribution < -0.4 is 0 Å². The van der Waals surface area contributed by atoms with Gasteiger partial charge in [-0.3, -0.25) is 9.69 Å². The fourth-order valence-electron chi connectivity index (χ4n) is 3.29. The molecule has 0 unspecified atom stereocenters. The second kappa shape index (κ2) is 7.26. The standard InChI is InChI=1S/C17H23BrClNO/c1-20(2)17(9-5-3-4-6-10-17)16(21)11-13-7-8-14(18)12-15(13)19/h7-8,12H,3-6,9-11H2,1-2H3. The first kappa shape index (κ1) is 17.0. The molecule has 0 heterocycles. The molecule has 2 rings (SSSR count). The van der Waals surface area contributed by atoms with Crippen LogP contribution in [0.15, 0.2) is 22.7 Å². The van der Waals surface area contributed by atoms with E-state index in [2.05, 4.69) is 20.8 Å². The number of Topliss-reactive ketones (excluding diaryl/α,β-unsaturated/α-hetero) is 1. The molecule has 1 aliphatic rings. The van der Waals surface area contributed by atoms with Crippen molar-refractivity contribution in [2.45, 2.75) is 50.5 Å². The molecule has 116 valence electrons. The number of benzene rings is 1. The molecule has 0 bridgehead atoms. The molecule has 1 aromatic rings. The van der Waals surface area contributed by atoms with Gasteiger partial charge in [0, 0.05) is 15.9 Å². The SMILES string of the molecule is CN(C)C1(C(=O)Cc2ccc(Br)cc2Cl)CCCCCC1. The van der Waals surface area contributed by atoms with E-state index in [9.17, 15) is 4.79 Å². The van der Waals surface area contributed by atoms with E-state index in [-0.39, 0.29) is 5.54 Å². The Bertz CT molecular complexity index is 508. The van der Waals surface area contributed by atoms with Crippen molar-refractivity contribution in [2.75, 3.05) is 14.1 Å². The van der Waals surface area contributed by atoms with Gasteiger partial charge < -0.3 is 0 Å². The Balaban J connectivity index is 2.22. The molecule has 1 saturated carbocycles. The molecule has 0 amide bonds. The van der Waals surface area contributed by atoms with Crippen LogP contribution in [0.5, 0.6) is 0 Å². The third kappa shape index (κ3) is 3.88. The van der Waals surface area contributed by atoms with E-state index >= 15 is 0 Å². The van der Waals surface area contributed by atoms with Crippen LogP contribution in [0, 0.1) is 0 Å². The third-order valence-corrected chi connectivity index (χ3v) is 5.52. The lowest BCUT2D eigenvalue weighted by atomic mass is 9.82. The van der Waals surface area contributed by atoms with E-state index in [1.165, 1.54) is 12.8 Å². The van der Waals surface area contributed by atoms with Gasteiger partial charge in [-0.05, 0) is 44.6 Å². The van der Waals surface area contributed by atoms with E-state index in [1.54, 1.807) is 0 Å². The lowest BCUT2D eigenvalue weighted by molar-refractivity contribution is -0.130. The first-order valence-electron chi connectivity index (χ1n) is 7.60. The normalized spacial score (nSPS) is 18.5. The van der Waals surface area contributed by atoms with Gasteiger partial charge in [0.15, 0.2) is 5.78 Å². The molecular formula is C17H23BrClNO. The fraction of sp³-hybridized carbons (Fsp3) is 0.588. The lowest BCUT2D eigenvalue weighted by Gasteiger charge is -2.38. The summed E-state index contributed by atoms with van der Waals surface area (Å²) < 4.78 is 0.945. The van der Waals surface area contributed by atoms with E-state index < -0.39 is 0 Å². The van der Waals surface area contributed by atoms with Crippen molar-refractivity contribution in [3.8, 4) is 0 Å². The molecule has 0 aliphatic heterocycles. The molecule has 0 aromatic heterocycles. The molecule has 0 radical (unpaired) electrons. The van der Waals surface area contributed by atoms with E-state index in [0.29, 0.717) is 17.2 Å². The maximum atomic E-state index is 13.0. The Morgan fingerprint density at radius 2 is 1.86 bits per heavy atom. The summed E-state index contributed by atoms with van der Waals surface area (Å²) in [6.45, 7) is 0. The highest BCUT2D eigenvalue weighted by Crippen LogP contribution is 2.34. The summed E-state index contributed by atoms with van der Waals surface area (Å²) in [6, 6.07) is 5.76. The number of hydrogen-bond donors (Lipinski definition) is 0. The van der Waals surface area contributed by atoms with Crippen molar-refractivity contribution >= 4 is 33.3 Å². The molecule has 0 spiro atoms. The molecule has 0 N–H and O–H groups in total. The zero-order valence-electron chi connectivity index (χ0n) is 12.8. The van der Waals surface area contributed by atoms with E-state index in [4.69, 9.17) is 11.6 Å². The van der Waals surface area contributed by atoms with Crippen molar-refractivity contribution in [3.63, 3.8) is 0 Å². The number of ketones is 1. The van der Waals surface area contributed by atoms with Gasteiger partial charge in [0.1, 0.15) is 0 Å². The van der Waals surface area contributed by atoms with Gasteiger partial charge in [0.25, 0.3) is 0 Å². The average Bonchev–Trinajstić information content (AvgIpc) is 2.68. The van der Waals surface area contributed by atoms with Crippen molar-refractivity contribution in [2.24, 2.45) is 0 Å². The predicted octanol–water partition coefficient (Wildman–Crippen LogP) is 4.87. The minimum atomic E-state index is -0.313. The highest BCUT2D eigenvalue weighted by Gasteiger charge is 2.40. The molecule has 0 atom stereocenters. The molecule has 21 heavy (non-hydrogen) atoms. The molecule has 0 saturated heterocycles. The minimum absolute atomic E-state index is 0.304. The molecular weight excluding hydrogens is 350 g/mol. The van der Waals surface area contributed by atoms with E-state index in [1.807, 2.05) is 32.3 Å². The smallest absolute Gasteiger partial charge is 0.157 e. The van der Waals surface area contributed by atoms with Crippen LogP contribution in [0.1, 0.15) is 44.1 Å². The number of nitrogens with zero attached hydrogens (tertiary/aromatic N) is 1. The highest BCUT2D eigenvalue weighted by molar-refractivity contribution is 9.10. The van der Waals surface area contributed by atoms with Crippen molar-refractivity contribution < 1.29 is 4.79 Å². The number of rotatable bonds is 4. The topological polar surface area (TPSA) is 20.3 Å². The van der Waals surface area contributed by atoms with Crippen molar-refractivity contribution in [1.82, 2.24) is 4.90 Å². The van der Waals surface area contributed by atoms with Gasteiger partial charge in [0.05, 0.1) is 5.54 Å². The van der Waals surface area contributed by atoms with Crippen molar-refractivity contribution in [1.29, 1.82) is 0 Å². The lowest BCUT2D eigenvalue weighted by Crippen LogP contribution is -2.51. The van der Waals surface area contributed by atoms with Gasteiger partial charge >= 0.3 is 0 Å². The average molecular weight is 373 g/mol. The Kier molecular flexibility index (Phi) is 5.87. The first-order valence-corrected chi connectivity index (χ1v) is 8.77.